The third-order valence-electron chi connectivity index (χ3n) is 2.85. The van der Waals surface area contributed by atoms with Gasteiger partial charge in [0.2, 0.25) is 0 Å². The third-order valence-corrected chi connectivity index (χ3v) is 2.85. The molecular weight excluding hydrogens is 218 g/mol. The van der Waals surface area contributed by atoms with Gasteiger partial charge < -0.3 is 15.2 Å². The van der Waals surface area contributed by atoms with Crippen LogP contribution in [0.4, 0.5) is 5.69 Å². The molecule has 0 saturated carbocycles. The molecule has 0 amide bonds. The van der Waals surface area contributed by atoms with E-state index in [1.54, 1.807) is 12.1 Å². The summed E-state index contributed by atoms with van der Waals surface area (Å²) in [6, 6.07) is 5.33. The van der Waals surface area contributed by atoms with E-state index in [0.29, 0.717) is 17.9 Å². The van der Waals surface area contributed by atoms with Crippen molar-refractivity contribution in [3.63, 3.8) is 0 Å². The van der Waals surface area contributed by atoms with Gasteiger partial charge in [0.05, 0.1) is 11.7 Å². The molecule has 1 heterocycles. The maximum Gasteiger partial charge on any atom is 0.340 e. The molecule has 4 heteroatoms. The zero-order chi connectivity index (χ0) is 12.3. The Morgan fingerprint density at radius 1 is 1.59 bits per heavy atom. The van der Waals surface area contributed by atoms with Crippen LogP contribution >= 0.6 is 0 Å². The van der Waals surface area contributed by atoms with Crippen molar-refractivity contribution in [2.24, 2.45) is 0 Å². The fourth-order valence-electron chi connectivity index (χ4n) is 1.87. The zero-order valence-electron chi connectivity index (χ0n) is 9.94. The molecule has 1 aliphatic heterocycles. The largest absolute Gasteiger partial charge is 0.459 e. The van der Waals surface area contributed by atoms with Crippen molar-refractivity contribution in [3.05, 3.63) is 29.3 Å². The van der Waals surface area contributed by atoms with Crippen molar-refractivity contribution in [3.8, 4) is 0 Å². The number of rotatable bonds is 3. The number of ether oxygens (including phenoxy) is 2. The van der Waals surface area contributed by atoms with Crippen LogP contribution in [0.25, 0.3) is 0 Å². The van der Waals surface area contributed by atoms with Crippen LogP contribution in [0.5, 0.6) is 0 Å². The SMILES string of the molecule is Cc1ccc(N)c(C(=O)OCC2CCCO2)c1. The number of esters is 1. The number of nitrogens with two attached hydrogens (primary N) is 1. The number of aryl methyl sites for hydroxylation is 1. The average molecular weight is 235 g/mol. The van der Waals surface area contributed by atoms with Crippen LogP contribution in [0.2, 0.25) is 0 Å². The first-order valence-corrected chi connectivity index (χ1v) is 5.81. The van der Waals surface area contributed by atoms with Crippen LogP contribution in [0.1, 0.15) is 28.8 Å². The quantitative estimate of drug-likeness (QED) is 0.642. The van der Waals surface area contributed by atoms with E-state index < -0.39 is 0 Å². The first kappa shape index (κ1) is 11.9. The smallest absolute Gasteiger partial charge is 0.340 e. The zero-order valence-corrected chi connectivity index (χ0v) is 9.94. The monoisotopic (exact) mass is 235 g/mol. The second-order valence-corrected chi connectivity index (χ2v) is 4.32. The van der Waals surface area contributed by atoms with Crippen LogP contribution in [-0.4, -0.2) is 25.3 Å². The van der Waals surface area contributed by atoms with Crippen molar-refractivity contribution >= 4 is 11.7 Å². The Morgan fingerprint density at radius 3 is 3.12 bits per heavy atom. The fourth-order valence-corrected chi connectivity index (χ4v) is 1.87. The average Bonchev–Trinajstić information content (AvgIpc) is 2.82. The van der Waals surface area contributed by atoms with E-state index in [4.69, 9.17) is 15.2 Å². The predicted octanol–water partition coefficient (Wildman–Crippen LogP) is 1.91. The highest BCUT2D eigenvalue weighted by molar-refractivity contribution is 5.95. The van der Waals surface area contributed by atoms with Gasteiger partial charge in [-0.1, -0.05) is 11.6 Å². The number of carbonyl (C=O) groups is 1. The van der Waals surface area contributed by atoms with Crippen molar-refractivity contribution in [2.75, 3.05) is 18.9 Å². The lowest BCUT2D eigenvalue weighted by Gasteiger charge is -2.11. The minimum absolute atomic E-state index is 0.0463. The lowest BCUT2D eigenvalue weighted by molar-refractivity contribution is 0.0162. The normalized spacial score (nSPS) is 19.2. The fraction of sp³-hybridized carbons (Fsp3) is 0.462. The van der Waals surface area contributed by atoms with Crippen molar-refractivity contribution in [1.29, 1.82) is 0 Å². The number of carbonyl (C=O) groups excluding carboxylic acids is 1. The number of benzene rings is 1. The number of hydrogen-bond acceptors (Lipinski definition) is 4. The van der Waals surface area contributed by atoms with Crippen molar-refractivity contribution in [1.82, 2.24) is 0 Å². The Hall–Kier alpha value is -1.55. The van der Waals surface area contributed by atoms with E-state index in [1.165, 1.54) is 0 Å². The Kier molecular flexibility index (Phi) is 3.64. The second-order valence-electron chi connectivity index (χ2n) is 4.32. The van der Waals surface area contributed by atoms with E-state index >= 15 is 0 Å². The van der Waals surface area contributed by atoms with E-state index in [-0.39, 0.29) is 12.1 Å². The first-order chi connectivity index (χ1) is 8.16. The maximum absolute atomic E-state index is 11.8. The Labute approximate surface area is 101 Å². The summed E-state index contributed by atoms with van der Waals surface area (Å²) in [7, 11) is 0. The molecule has 4 nitrogen and oxygen atoms in total. The third kappa shape index (κ3) is 2.97. The van der Waals surface area contributed by atoms with Gasteiger partial charge in [0.15, 0.2) is 0 Å². The molecule has 0 bridgehead atoms. The lowest BCUT2D eigenvalue weighted by Crippen LogP contribution is -2.18. The van der Waals surface area contributed by atoms with Gasteiger partial charge in [-0.15, -0.1) is 0 Å². The van der Waals surface area contributed by atoms with E-state index in [0.717, 1.165) is 25.0 Å². The molecule has 0 radical (unpaired) electrons. The van der Waals surface area contributed by atoms with Crippen LogP contribution in [0, 0.1) is 6.92 Å². The minimum Gasteiger partial charge on any atom is -0.459 e. The highest BCUT2D eigenvalue weighted by Crippen LogP contribution is 2.17. The molecule has 1 aromatic rings. The van der Waals surface area contributed by atoms with Crippen LogP contribution in [-0.2, 0) is 9.47 Å². The molecule has 1 aromatic carbocycles. The summed E-state index contributed by atoms with van der Waals surface area (Å²) >= 11 is 0. The summed E-state index contributed by atoms with van der Waals surface area (Å²) < 4.78 is 10.6. The molecule has 1 atom stereocenters. The topological polar surface area (TPSA) is 61.6 Å². The van der Waals surface area contributed by atoms with Gasteiger partial charge in [0, 0.05) is 12.3 Å². The molecule has 2 rings (SSSR count). The first-order valence-electron chi connectivity index (χ1n) is 5.81. The lowest BCUT2D eigenvalue weighted by atomic mass is 10.1. The number of anilines is 1. The summed E-state index contributed by atoms with van der Waals surface area (Å²) in [6.45, 7) is 2.98. The molecule has 1 saturated heterocycles. The van der Waals surface area contributed by atoms with E-state index in [2.05, 4.69) is 0 Å². The molecule has 1 aliphatic rings. The predicted molar refractivity (Wildman–Crippen MR) is 64.8 cm³/mol. The van der Waals surface area contributed by atoms with Crippen LogP contribution in [0.3, 0.4) is 0 Å². The van der Waals surface area contributed by atoms with Gasteiger partial charge in [-0.3, -0.25) is 0 Å². The summed E-state index contributed by atoms with van der Waals surface area (Å²) in [6.07, 6.45) is 2.04. The second kappa shape index (κ2) is 5.19. The standard InChI is InChI=1S/C13H17NO3/c1-9-4-5-12(14)11(7-9)13(15)17-8-10-3-2-6-16-10/h4-5,7,10H,2-3,6,8,14H2,1H3. The van der Waals surface area contributed by atoms with Crippen molar-refractivity contribution in [2.45, 2.75) is 25.9 Å². The molecule has 92 valence electrons. The molecule has 1 unspecified atom stereocenters. The molecule has 17 heavy (non-hydrogen) atoms. The van der Waals surface area contributed by atoms with Gasteiger partial charge in [0.1, 0.15) is 6.61 Å². The molecular formula is C13H17NO3. The van der Waals surface area contributed by atoms with Crippen molar-refractivity contribution < 1.29 is 14.3 Å². The Morgan fingerprint density at radius 2 is 2.41 bits per heavy atom. The molecule has 0 aliphatic carbocycles. The van der Waals surface area contributed by atoms with Gasteiger partial charge in [-0.05, 0) is 31.9 Å². The number of hydrogen-bond donors (Lipinski definition) is 1. The summed E-state index contributed by atoms with van der Waals surface area (Å²) in [4.78, 5) is 11.8. The van der Waals surface area contributed by atoms with Gasteiger partial charge >= 0.3 is 5.97 Å². The molecule has 2 N–H and O–H groups in total. The van der Waals surface area contributed by atoms with Gasteiger partial charge in [0.25, 0.3) is 0 Å². The van der Waals surface area contributed by atoms with Crippen LogP contribution in [0.15, 0.2) is 18.2 Å². The molecule has 0 aromatic heterocycles. The summed E-state index contributed by atoms with van der Waals surface area (Å²) in [5.74, 6) is -0.373. The number of nitrogen functional groups attached to an aromatic ring is 1. The maximum atomic E-state index is 11.8. The van der Waals surface area contributed by atoms with Crippen LogP contribution < -0.4 is 5.73 Å². The Bertz CT molecular complexity index is 411. The summed E-state index contributed by atoms with van der Waals surface area (Å²) in [5, 5.41) is 0. The molecule has 1 fully saturated rings. The van der Waals surface area contributed by atoms with E-state index in [1.807, 2.05) is 13.0 Å². The van der Waals surface area contributed by atoms with E-state index in [9.17, 15) is 4.79 Å². The minimum atomic E-state index is -0.373. The highest BCUT2D eigenvalue weighted by atomic mass is 16.6. The van der Waals surface area contributed by atoms with Gasteiger partial charge in [-0.25, -0.2) is 4.79 Å². The molecule has 0 spiro atoms. The highest BCUT2D eigenvalue weighted by Gasteiger charge is 2.19. The van der Waals surface area contributed by atoms with Gasteiger partial charge in [-0.2, -0.15) is 0 Å². The summed E-state index contributed by atoms with van der Waals surface area (Å²) in [5.41, 5.74) is 7.62. The Balaban J connectivity index is 1.96.